The third-order valence-corrected chi connectivity index (χ3v) is 5.25. The summed E-state index contributed by atoms with van der Waals surface area (Å²) in [5.74, 6) is -0.737. The Balaban J connectivity index is 1.92. The second-order valence-electron chi connectivity index (χ2n) is 7.32. The predicted octanol–water partition coefficient (Wildman–Crippen LogP) is 4.25. The first-order valence-electron chi connectivity index (χ1n) is 10.3. The van der Waals surface area contributed by atoms with E-state index in [-0.39, 0.29) is 11.9 Å². The third kappa shape index (κ3) is 4.94. The highest BCUT2D eigenvalue weighted by Crippen LogP contribution is 2.32. The fraction of sp³-hybridized carbons (Fsp3) is 0.292. The molecule has 0 saturated heterocycles. The molecular formula is C24H27N3O4. The number of carbonyl (C=O) groups is 3. The van der Waals surface area contributed by atoms with Crippen molar-refractivity contribution < 1.29 is 19.1 Å². The van der Waals surface area contributed by atoms with Gasteiger partial charge < -0.3 is 15.4 Å². The number of methoxy groups -OCH3 is 1. The number of amides is 3. The number of hydrogen-bond acceptors (Lipinski definition) is 4. The van der Waals surface area contributed by atoms with E-state index in [0.717, 1.165) is 12.8 Å². The molecule has 7 heteroatoms. The first-order valence-corrected chi connectivity index (χ1v) is 10.3. The Kier molecular flexibility index (Phi) is 7.07. The Morgan fingerprint density at radius 2 is 1.87 bits per heavy atom. The molecule has 7 nitrogen and oxygen atoms in total. The quantitative estimate of drug-likeness (QED) is 0.654. The van der Waals surface area contributed by atoms with Crippen LogP contribution in [-0.2, 0) is 9.53 Å². The Bertz CT molecular complexity index is 1000. The van der Waals surface area contributed by atoms with E-state index < -0.39 is 12.0 Å². The number of nitrogens with one attached hydrogen (secondary N) is 2. The zero-order valence-electron chi connectivity index (χ0n) is 18.0. The van der Waals surface area contributed by atoms with Gasteiger partial charge in [-0.3, -0.25) is 9.69 Å². The Hall–Kier alpha value is -3.61. The van der Waals surface area contributed by atoms with Crippen LogP contribution in [0, 0.1) is 0 Å². The number of urea groups is 1. The van der Waals surface area contributed by atoms with Crippen LogP contribution in [0.5, 0.6) is 0 Å². The molecule has 3 rings (SSSR count). The van der Waals surface area contributed by atoms with E-state index in [4.69, 9.17) is 4.74 Å². The Morgan fingerprint density at radius 1 is 1.13 bits per heavy atom. The van der Waals surface area contributed by atoms with Crippen LogP contribution >= 0.6 is 0 Å². The fourth-order valence-electron chi connectivity index (χ4n) is 3.58. The molecule has 31 heavy (non-hydrogen) atoms. The summed E-state index contributed by atoms with van der Waals surface area (Å²) in [5, 5.41) is 5.78. The summed E-state index contributed by atoms with van der Waals surface area (Å²) < 4.78 is 5.01. The van der Waals surface area contributed by atoms with Crippen LogP contribution in [0.15, 0.2) is 65.9 Å². The normalized spacial score (nSPS) is 16.0. The molecule has 0 spiro atoms. The summed E-state index contributed by atoms with van der Waals surface area (Å²) >= 11 is 0. The maximum atomic E-state index is 12.8. The molecule has 0 bridgehead atoms. The maximum absolute atomic E-state index is 12.8. The van der Waals surface area contributed by atoms with E-state index in [1.807, 2.05) is 13.0 Å². The van der Waals surface area contributed by atoms with E-state index in [2.05, 4.69) is 10.6 Å². The van der Waals surface area contributed by atoms with Crippen LogP contribution < -0.4 is 10.6 Å². The molecule has 3 amide bonds. The van der Waals surface area contributed by atoms with Gasteiger partial charge in [0.2, 0.25) is 0 Å². The van der Waals surface area contributed by atoms with Gasteiger partial charge in [0.15, 0.2) is 0 Å². The molecule has 2 aromatic carbocycles. The summed E-state index contributed by atoms with van der Waals surface area (Å²) in [6.07, 6.45) is 1.75. The molecule has 1 heterocycles. The van der Waals surface area contributed by atoms with Crippen molar-refractivity contribution in [2.75, 3.05) is 19.0 Å². The van der Waals surface area contributed by atoms with Gasteiger partial charge in [-0.25, -0.2) is 9.59 Å². The average Bonchev–Trinajstić information content (AvgIpc) is 2.79. The number of anilines is 1. The highest BCUT2D eigenvalue weighted by atomic mass is 16.5. The molecule has 2 N–H and O–H groups in total. The van der Waals surface area contributed by atoms with Gasteiger partial charge >= 0.3 is 12.0 Å². The average molecular weight is 421 g/mol. The van der Waals surface area contributed by atoms with Crippen molar-refractivity contribution in [2.24, 2.45) is 0 Å². The lowest BCUT2D eigenvalue weighted by Gasteiger charge is -2.35. The van der Waals surface area contributed by atoms with Gasteiger partial charge in [-0.2, -0.15) is 0 Å². The minimum Gasteiger partial charge on any atom is -0.466 e. The number of unbranched alkanes of at least 4 members (excludes halogenated alkanes) is 1. The SMILES string of the molecule is CCCCN1C(=O)NC(c2cccc(NC(=O)c3ccccc3)c2)C(C(=O)OC)=C1C. The topological polar surface area (TPSA) is 87.7 Å². The van der Waals surface area contributed by atoms with Crippen LogP contribution in [0.1, 0.15) is 48.7 Å². The molecule has 1 atom stereocenters. The van der Waals surface area contributed by atoms with Crippen molar-refractivity contribution in [3.05, 3.63) is 77.0 Å². The van der Waals surface area contributed by atoms with Crippen LogP contribution in [-0.4, -0.2) is 36.5 Å². The molecule has 0 aromatic heterocycles. The van der Waals surface area contributed by atoms with Crippen LogP contribution in [0.3, 0.4) is 0 Å². The van der Waals surface area contributed by atoms with Crippen LogP contribution in [0.25, 0.3) is 0 Å². The van der Waals surface area contributed by atoms with Crippen molar-refractivity contribution in [3.63, 3.8) is 0 Å². The molecule has 0 radical (unpaired) electrons. The zero-order valence-corrected chi connectivity index (χ0v) is 18.0. The maximum Gasteiger partial charge on any atom is 0.337 e. The van der Waals surface area contributed by atoms with Crippen LogP contribution in [0.2, 0.25) is 0 Å². The van der Waals surface area contributed by atoms with Crippen LogP contribution in [0.4, 0.5) is 10.5 Å². The van der Waals surface area contributed by atoms with Crippen molar-refractivity contribution in [1.82, 2.24) is 10.2 Å². The van der Waals surface area contributed by atoms with E-state index in [9.17, 15) is 14.4 Å². The van der Waals surface area contributed by atoms with Gasteiger partial charge in [-0.1, -0.05) is 43.7 Å². The van der Waals surface area contributed by atoms with E-state index >= 15 is 0 Å². The van der Waals surface area contributed by atoms with Crippen molar-refractivity contribution in [2.45, 2.75) is 32.7 Å². The lowest BCUT2D eigenvalue weighted by atomic mass is 9.94. The lowest BCUT2D eigenvalue weighted by Crippen LogP contribution is -2.48. The number of ether oxygens (including phenoxy) is 1. The summed E-state index contributed by atoms with van der Waals surface area (Å²) in [6.45, 7) is 4.32. The number of esters is 1. The predicted molar refractivity (Wildman–Crippen MR) is 118 cm³/mol. The molecule has 0 saturated carbocycles. The summed E-state index contributed by atoms with van der Waals surface area (Å²) in [6, 6.07) is 15.0. The number of carbonyl (C=O) groups excluding carboxylic acids is 3. The highest BCUT2D eigenvalue weighted by molar-refractivity contribution is 6.04. The highest BCUT2D eigenvalue weighted by Gasteiger charge is 2.36. The van der Waals surface area contributed by atoms with Gasteiger partial charge in [-0.05, 0) is 43.2 Å². The first kappa shape index (κ1) is 22.1. The van der Waals surface area contributed by atoms with E-state index in [1.165, 1.54) is 7.11 Å². The summed E-state index contributed by atoms with van der Waals surface area (Å²) in [4.78, 5) is 39.4. The number of rotatable bonds is 7. The number of allylic oxidation sites excluding steroid dienone is 1. The first-order chi connectivity index (χ1) is 15.0. The molecule has 0 aliphatic carbocycles. The van der Waals surface area contributed by atoms with Gasteiger partial charge in [-0.15, -0.1) is 0 Å². The molecule has 1 aliphatic rings. The molecular weight excluding hydrogens is 394 g/mol. The minimum atomic E-state index is -0.675. The van der Waals surface area contributed by atoms with Gasteiger partial charge in [0.05, 0.1) is 18.7 Å². The lowest BCUT2D eigenvalue weighted by molar-refractivity contribution is -0.136. The minimum absolute atomic E-state index is 0.240. The molecule has 1 unspecified atom stereocenters. The molecule has 0 fully saturated rings. The van der Waals surface area contributed by atoms with Crippen molar-refractivity contribution >= 4 is 23.6 Å². The fourth-order valence-corrected chi connectivity index (χ4v) is 3.58. The molecule has 2 aromatic rings. The number of nitrogens with zero attached hydrogens (tertiary/aromatic N) is 1. The Morgan fingerprint density at radius 3 is 2.55 bits per heavy atom. The smallest absolute Gasteiger partial charge is 0.337 e. The third-order valence-electron chi connectivity index (χ3n) is 5.25. The summed E-state index contributed by atoms with van der Waals surface area (Å²) in [7, 11) is 1.32. The van der Waals surface area contributed by atoms with E-state index in [0.29, 0.717) is 34.6 Å². The van der Waals surface area contributed by atoms with Gasteiger partial charge in [0, 0.05) is 23.5 Å². The zero-order chi connectivity index (χ0) is 22.4. The second kappa shape index (κ2) is 9.93. The molecule has 1 aliphatic heterocycles. The number of benzene rings is 2. The number of hydrogen-bond donors (Lipinski definition) is 2. The summed E-state index contributed by atoms with van der Waals surface area (Å²) in [5.41, 5.74) is 2.74. The van der Waals surface area contributed by atoms with Gasteiger partial charge in [0.25, 0.3) is 5.91 Å². The molecule has 162 valence electrons. The van der Waals surface area contributed by atoms with Crippen molar-refractivity contribution in [3.8, 4) is 0 Å². The monoisotopic (exact) mass is 421 g/mol. The van der Waals surface area contributed by atoms with Crippen molar-refractivity contribution in [1.29, 1.82) is 0 Å². The van der Waals surface area contributed by atoms with E-state index in [1.54, 1.807) is 60.4 Å². The largest absolute Gasteiger partial charge is 0.466 e. The standard InChI is InChI=1S/C24H27N3O4/c1-4-5-14-27-16(2)20(23(29)31-3)21(26-24(27)30)18-12-9-13-19(15-18)25-22(28)17-10-7-6-8-11-17/h6-13,15,21H,4-5,14H2,1-3H3,(H,25,28)(H,26,30). The van der Waals surface area contributed by atoms with Gasteiger partial charge in [0.1, 0.15) is 0 Å². The second-order valence-corrected chi connectivity index (χ2v) is 7.32. The Labute approximate surface area is 182 Å².